The van der Waals surface area contributed by atoms with Gasteiger partial charge in [-0.05, 0) is 13.3 Å². The summed E-state index contributed by atoms with van der Waals surface area (Å²) in [4.78, 5) is 0. The molecular formula is C7H9ClF3N3S. The molecule has 0 spiro atoms. The van der Waals surface area contributed by atoms with Gasteiger partial charge in [0.15, 0.2) is 0 Å². The van der Waals surface area contributed by atoms with Crippen molar-refractivity contribution < 1.29 is 13.2 Å². The summed E-state index contributed by atoms with van der Waals surface area (Å²) in [5, 5.41) is 8.47. The van der Waals surface area contributed by atoms with Gasteiger partial charge in [0.2, 0.25) is 10.1 Å². The highest BCUT2D eigenvalue weighted by Gasteiger charge is 2.35. The molecule has 1 aromatic heterocycles. The lowest BCUT2D eigenvalue weighted by molar-refractivity contribution is -0.138. The van der Waals surface area contributed by atoms with Gasteiger partial charge in [-0.25, -0.2) is 0 Å². The van der Waals surface area contributed by atoms with Crippen molar-refractivity contribution in [2.75, 3.05) is 11.2 Å². The number of halogens is 4. The molecule has 86 valence electrons. The van der Waals surface area contributed by atoms with Gasteiger partial charge in [0.1, 0.15) is 0 Å². The normalized spacial score (nSPS) is 13.9. The zero-order valence-electron chi connectivity index (χ0n) is 7.81. The van der Waals surface area contributed by atoms with Crippen LogP contribution in [-0.4, -0.2) is 22.1 Å². The first-order valence-electron chi connectivity index (χ1n) is 4.16. The molecule has 0 aliphatic rings. The molecule has 1 heterocycles. The lowest BCUT2D eigenvalue weighted by Gasteiger charge is -2.09. The first-order chi connectivity index (χ1) is 6.93. The Kier molecular flexibility index (Phi) is 4.15. The van der Waals surface area contributed by atoms with E-state index in [4.69, 9.17) is 11.6 Å². The van der Waals surface area contributed by atoms with Crippen molar-refractivity contribution in [2.45, 2.75) is 25.6 Å². The summed E-state index contributed by atoms with van der Waals surface area (Å²) in [6.07, 6.45) is -3.77. The van der Waals surface area contributed by atoms with Crippen molar-refractivity contribution in [1.29, 1.82) is 0 Å². The lowest BCUT2D eigenvalue weighted by Crippen LogP contribution is -2.15. The van der Waals surface area contributed by atoms with Crippen molar-refractivity contribution in [3.63, 3.8) is 0 Å². The topological polar surface area (TPSA) is 37.8 Å². The van der Waals surface area contributed by atoms with Crippen LogP contribution >= 0.6 is 22.9 Å². The van der Waals surface area contributed by atoms with E-state index in [1.54, 1.807) is 0 Å². The summed E-state index contributed by atoms with van der Waals surface area (Å²) in [6.45, 7) is 1.82. The molecule has 0 saturated heterocycles. The fourth-order valence-electron chi connectivity index (χ4n) is 0.843. The Morgan fingerprint density at radius 1 is 1.47 bits per heavy atom. The Hall–Kier alpha value is -0.560. The molecular weight excluding hydrogens is 251 g/mol. The highest BCUT2D eigenvalue weighted by Crippen LogP contribution is 2.33. The molecule has 1 atom stereocenters. The van der Waals surface area contributed by atoms with E-state index in [9.17, 15) is 13.2 Å². The van der Waals surface area contributed by atoms with Gasteiger partial charge in [-0.2, -0.15) is 13.2 Å². The number of alkyl halides is 4. The molecule has 3 nitrogen and oxygen atoms in total. The standard InChI is InChI=1S/C7H9ClF3N3S/c1-4(2-3-8)12-6-14-13-5(15-6)7(9,10)11/h4H,2-3H2,1H3,(H,12,14). The van der Waals surface area contributed by atoms with Crippen LogP contribution in [0.5, 0.6) is 0 Å². The summed E-state index contributed by atoms with van der Waals surface area (Å²) in [5.41, 5.74) is 0. The van der Waals surface area contributed by atoms with Crippen LogP contribution in [0.1, 0.15) is 18.4 Å². The molecule has 0 aromatic carbocycles. The van der Waals surface area contributed by atoms with Crippen LogP contribution in [0.25, 0.3) is 0 Å². The first-order valence-corrected chi connectivity index (χ1v) is 5.51. The van der Waals surface area contributed by atoms with Crippen molar-refractivity contribution in [2.24, 2.45) is 0 Å². The van der Waals surface area contributed by atoms with Crippen LogP contribution < -0.4 is 5.32 Å². The quantitative estimate of drug-likeness (QED) is 0.845. The van der Waals surface area contributed by atoms with Crippen LogP contribution in [0, 0.1) is 0 Å². The zero-order valence-corrected chi connectivity index (χ0v) is 9.38. The second-order valence-corrected chi connectivity index (χ2v) is 4.29. The van der Waals surface area contributed by atoms with Crippen LogP contribution in [0.15, 0.2) is 0 Å². The summed E-state index contributed by atoms with van der Waals surface area (Å²) in [6, 6.07) is -0.0171. The molecule has 1 unspecified atom stereocenters. The van der Waals surface area contributed by atoms with Crippen molar-refractivity contribution >= 4 is 28.1 Å². The summed E-state index contributed by atoms with van der Waals surface area (Å²) in [7, 11) is 0. The molecule has 0 fully saturated rings. The number of nitrogens with zero attached hydrogens (tertiary/aromatic N) is 2. The Labute approximate surface area is 93.7 Å². The second-order valence-electron chi connectivity index (χ2n) is 2.93. The second kappa shape index (κ2) is 4.98. The van der Waals surface area contributed by atoms with Crippen molar-refractivity contribution in [3.8, 4) is 0 Å². The number of aromatic nitrogens is 2. The predicted molar refractivity (Wildman–Crippen MR) is 53.3 cm³/mol. The highest BCUT2D eigenvalue weighted by atomic mass is 35.5. The fraction of sp³-hybridized carbons (Fsp3) is 0.714. The van der Waals surface area contributed by atoms with Gasteiger partial charge in [0.25, 0.3) is 0 Å². The minimum absolute atomic E-state index is 0.0171. The molecule has 1 aromatic rings. The average Bonchev–Trinajstić information content (AvgIpc) is 2.52. The minimum atomic E-state index is -4.42. The van der Waals surface area contributed by atoms with Crippen LogP contribution in [-0.2, 0) is 6.18 Å². The van der Waals surface area contributed by atoms with Crippen LogP contribution in [0.3, 0.4) is 0 Å². The summed E-state index contributed by atoms with van der Waals surface area (Å²) < 4.78 is 36.4. The van der Waals surface area contributed by atoms with E-state index >= 15 is 0 Å². The minimum Gasteiger partial charge on any atom is -0.358 e. The maximum atomic E-state index is 12.1. The highest BCUT2D eigenvalue weighted by molar-refractivity contribution is 7.15. The van der Waals surface area contributed by atoms with Gasteiger partial charge in [0, 0.05) is 11.9 Å². The number of hydrogen-bond acceptors (Lipinski definition) is 4. The number of nitrogens with one attached hydrogen (secondary N) is 1. The van der Waals surface area contributed by atoms with Gasteiger partial charge in [-0.3, -0.25) is 0 Å². The smallest absolute Gasteiger partial charge is 0.358 e. The molecule has 0 aliphatic heterocycles. The van der Waals surface area contributed by atoms with E-state index in [0.29, 0.717) is 23.6 Å². The Morgan fingerprint density at radius 3 is 2.60 bits per heavy atom. The first kappa shape index (κ1) is 12.5. The maximum Gasteiger partial charge on any atom is 0.445 e. The van der Waals surface area contributed by atoms with Gasteiger partial charge in [-0.15, -0.1) is 21.8 Å². The van der Waals surface area contributed by atoms with Gasteiger partial charge < -0.3 is 5.32 Å². The third-order valence-corrected chi connectivity index (χ3v) is 2.70. The number of hydrogen-bond donors (Lipinski definition) is 1. The molecule has 0 radical (unpaired) electrons. The Bertz CT molecular complexity index is 315. The molecule has 0 amide bonds. The summed E-state index contributed by atoms with van der Waals surface area (Å²) in [5.74, 6) is 0.444. The maximum absolute atomic E-state index is 12.1. The van der Waals surface area contributed by atoms with Gasteiger partial charge in [0.05, 0.1) is 0 Å². The predicted octanol–water partition coefficient (Wildman–Crippen LogP) is 2.99. The molecule has 0 aliphatic carbocycles. The molecule has 1 rings (SSSR count). The number of rotatable bonds is 4. The molecule has 0 bridgehead atoms. The Morgan fingerprint density at radius 2 is 2.13 bits per heavy atom. The van der Waals surface area contributed by atoms with E-state index in [2.05, 4.69) is 15.5 Å². The fourth-order valence-corrected chi connectivity index (χ4v) is 1.89. The monoisotopic (exact) mass is 259 g/mol. The van der Waals surface area contributed by atoms with Crippen molar-refractivity contribution in [3.05, 3.63) is 5.01 Å². The van der Waals surface area contributed by atoms with Crippen LogP contribution in [0.2, 0.25) is 0 Å². The zero-order chi connectivity index (χ0) is 11.5. The molecule has 15 heavy (non-hydrogen) atoms. The van der Waals surface area contributed by atoms with Crippen molar-refractivity contribution in [1.82, 2.24) is 10.2 Å². The largest absolute Gasteiger partial charge is 0.445 e. The Balaban J connectivity index is 2.61. The average molecular weight is 260 g/mol. The van der Waals surface area contributed by atoms with E-state index in [1.807, 2.05) is 6.92 Å². The lowest BCUT2D eigenvalue weighted by atomic mass is 10.3. The van der Waals surface area contributed by atoms with E-state index < -0.39 is 11.2 Å². The van der Waals surface area contributed by atoms with E-state index in [-0.39, 0.29) is 11.2 Å². The van der Waals surface area contributed by atoms with E-state index in [0.717, 1.165) is 0 Å². The van der Waals surface area contributed by atoms with E-state index in [1.165, 1.54) is 0 Å². The van der Waals surface area contributed by atoms with Gasteiger partial charge >= 0.3 is 6.18 Å². The van der Waals surface area contributed by atoms with Gasteiger partial charge in [-0.1, -0.05) is 11.3 Å². The van der Waals surface area contributed by atoms with Crippen LogP contribution in [0.4, 0.5) is 18.3 Å². The third kappa shape index (κ3) is 3.83. The molecule has 8 heteroatoms. The molecule has 0 saturated carbocycles. The third-order valence-electron chi connectivity index (χ3n) is 1.58. The SMILES string of the molecule is CC(CCCl)Nc1nnc(C(F)(F)F)s1. The summed E-state index contributed by atoms with van der Waals surface area (Å²) >= 11 is 5.98. The number of anilines is 1. The molecule has 1 N–H and O–H groups in total.